The number of hydrogen-bond acceptors (Lipinski definition) is 7. The number of carboxylic acid groups (broad SMARTS) is 1. The largest absolute Gasteiger partial charge is 0.508 e. The summed E-state index contributed by atoms with van der Waals surface area (Å²) in [6, 6.07) is 16.9. The number of thiazole rings is 1. The third-order valence-electron chi connectivity index (χ3n) is 6.90. The number of carboxylic acids is 1. The first-order valence-corrected chi connectivity index (χ1v) is 13.6. The predicted molar refractivity (Wildman–Crippen MR) is 149 cm³/mol. The molecule has 0 amide bonds. The van der Waals surface area contributed by atoms with Gasteiger partial charge in [-0.2, -0.15) is 0 Å². The van der Waals surface area contributed by atoms with Crippen LogP contribution < -0.4 is 5.32 Å². The molecule has 4 rings (SSSR count). The van der Waals surface area contributed by atoms with Gasteiger partial charge in [0.15, 0.2) is 0 Å². The molecule has 196 valence electrons. The Morgan fingerprint density at radius 2 is 1.97 bits per heavy atom. The zero-order valence-corrected chi connectivity index (χ0v) is 22.3. The van der Waals surface area contributed by atoms with Gasteiger partial charge in [-0.15, -0.1) is 17.9 Å². The second-order valence-corrected chi connectivity index (χ2v) is 10.6. The molecule has 3 atom stereocenters. The Morgan fingerprint density at radius 3 is 2.68 bits per heavy atom. The van der Waals surface area contributed by atoms with E-state index in [1.165, 1.54) is 5.56 Å². The van der Waals surface area contributed by atoms with Crippen molar-refractivity contribution in [3.05, 3.63) is 83.4 Å². The van der Waals surface area contributed by atoms with E-state index < -0.39 is 5.97 Å². The van der Waals surface area contributed by atoms with E-state index in [2.05, 4.69) is 65.9 Å². The number of nitrogens with zero attached hydrogens (tertiary/aromatic N) is 3. The summed E-state index contributed by atoms with van der Waals surface area (Å²) in [5.74, 6) is -0.580. The van der Waals surface area contributed by atoms with Crippen molar-refractivity contribution in [3.8, 4) is 16.3 Å². The second kappa shape index (κ2) is 12.5. The van der Waals surface area contributed by atoms with Gasteiger partial charge in [-0.3, -0.25) is 14.6 Å². The third-order valence-corrected chi connectivity index (χ3v) is 7.84. The number of piperazine rings is 1. The highest BCUT2D eigenvalue weighted by atomic mass is 32.1. The van der Waals surface area contributed by atoms with Crippen LogP contribution >= 0.6 is 11.3 Å². The summed E-state index contributed by atoms with van der Waals surface area (Å²) < 4.78 is 0. The summed E-state index contributed by atoms with van der Waals surface area (Å²) in [6.07, 6.45) is 2.66. The fourth-order valence-corrected chi connectivity index (χ4v) is 5.91. The van der Waals surface area contributed by atoms with Crippen molar-refractivity contribution in [3.63, 3.8) is 0 Å². The molecule has 1 saturated heterocycles. The Morgan fingerprint density at radius 1 is 1.19 bits per heavy atom. The van der Waals surface area contributed by atoms with Gasteiger partial charge in [0.05, 0.1) is 18.3 Å². The number of rotatable bonds is 11. The zero-order chi connectivity index (χ0) is 26.4. The minimum Gasteiger partial charge on any atom is -0.508 e. The van der Waals surface area contributed by atoms with Crippen LogP contribution in [-0.4, -0.2) is 75.8 Å². The van der Waals surface area contributed by atoms with Crippen molar-refractivity contribution in [1.82, 2.24) is 20.1 Å². The predicted octanol–water partition coefficient (Wildman–Crippen LogP) is 4.40. The van der Waals surface area contributed by atoms with Gasteiger partial charge in [0.25, 0.3) is 0 Å². The molecule has 7 nitrogen and oxygen atoms in total. The summed E-state index contributed by atoms with van der Waals surface area (Å²) in [4.78, 5) is 20.4. The molecule has 3 aromatic rings. The highest BCUT2D eigenvalue weighted by Crippen LogP contribution is 2.35. The number of carbonyl (C=O) groups is 1. The van der Waals surface area contributed by atoms with Gasteiger partial charge in [-0.25, -0.2) is 4.98 Å². The molecular formula is C29H36N4O3S. The van der Waals surface area contributed by atoms with Gasteiger partial charge < -0.3 is 15.5 Å². The highest BCUT2D eigenvalue weighted by molar-refractivity contribution is 7.13. The first-order chi connectivity index (χ1) is 17.9. The van der Waals surface area contributed by atoms with Crippen LogP contribution in [0, 0.1) is 0 Å². The molecule has 2 aromatic carbocycles. The first kappa shape index (κ1) is 27.0. The molecule has 2 heterocycles. The SMILES string of the molecule is C=CCN1C[C@H](C)N([C@H](c2ccc(-c3nc(CCNCC(=O)O)cs3)cc2)c2cccc(O)c2)C[C@H]1C. The number of nitrogens with one attached hydrogen (secondary N) is 1. The molecule has 3 N–H and O–H groups in total. The maximum Gasteiger partial charge on any atom is 0.317 e. The van der Waals surface area contributed by atoms with Crippen LogP contribution in [0.3, 0.4) is 0 Å². The lowest BCUT2D eigenvalue weighted by atomic mass is 9.93. The Kier molecular flexibility index (Phi) is 9.10. The molecular weight excluding hydrogens is 484 g/mol. The van der Waals surface area contributed by atoms with E-state index in [0.717, 1.165) is 41.5 Å². The standard InChI is InChI=1S/C29H36N4O3S/c1-4-14-32-17-21(3)33(18-20(32)2)28(24-6-5-7-26(34)15-24)22-8-10-23(11-9-22)29-31-25(19-37-29)12-13-30-16-27(35)36/h4-11,15,19-21,28,30,34H,1,12-14,16-18H2,2-3H3,(H,35,36)/t20-,21+,28-/m1/s1. The van der Waals surface area contributed by atoms with Crippen molar-refractivity contribution in [2.75, 3.05) is 32.7 Å². The number of aromatic nitrogens is 1. The fourth-order valence-electron chi connectivity index (χ4n) is 5.05. The molecule has 0 spiro atoms. The maximum absolute atomic E-state index is 10.7. The van der Waals surface area contributed by atoms with Crippen LogP contribution in [0.25, 0.3) is 10.6 Å². The van der Waals surface area contributed by atoms with Crippen molar-refractivity contribution in [1.29, 1.82) is 0 Å². The molecule has 37 heavy (non-hydrogen) atoms. The normalized spacial score (nSPS) is 19.5. The van der Waals surface area contributed by atoms with Crippen molar-refractivity contribution < 1.29 is 15.0 Å². The van der Waals surface area contributed by atoms with E-state index >= 15 is 0 Å². The van der Waals surface area contributed by atoms with E-state index in [9.17, 15) is 9.90 Å². The molecule has 8 heteroatoms. The lowest BCUT2D eigenvalue weighted by Crippen LogP contribution is -2.57. The van der Waals surface area contributed by atoms with E-state index in [4.69, 9.17) is 10.1 Å². The van der Waals surface area contributed by atoms with Crippen molar-refractivity contribution in [2.24, 2.45) is 0 Å². The summed E-state index contributed by atoms with van der Waals surface area (Å²) in [5, 5.41) is 24.9. The van der Waals surface area contributed by atoms with Gasteiger partial charge in [-0.1, -0.05) is 42.5 Å². The van der Waals surface area contributed by atoms with Crippen LogP contribution in [0.1, 0.15) is 36.7 Å². The number of phenols is 1. The fraction of sp³-hybridized carbons (Fsp3) is 0.379. The van der Waals surface area contributed by atoms with Gasteiger partial charge in [0, 0.05) is 55.6 Å². The average molecular weight is 521 g/mol. The van der Waals surface area contributed by atoms with E-state index in [1.807, 2.05) is 23.6 Å². The number of hydrogen-bond donors (Lipinski definition) is 3. The second-order valence-electron chi connectivity index (χ2n) is 9.72. The first-order valence-electron chi connectivity index (χ1n) is 12.7. The molecule has 1 aliphatic rings. The molecule has 0 aliphatic carbocycles. The topological polar surface area (TPSA) is 88.9 Å². The van der Waals surface area contributed by atoms with Crippen LogP contribution in [0.15, 0.2) is 66.6 Å². The lowest BCUT2D eigenvalue weighted by molar-refractivity contribution is -0.135. The van der Waals surface area contributed by atoms with Crippen molar-refractivity contribution >= 4 is 17.3 Å². The molecule has 1 aliphatic heterocycles. The molecule has 0 bridgehead atoms. The molecule has 1 fully saturated rings. The Hall–Kier alpha value is -3.04. The smallest absolute Gasteiger partial charge is 0.317 e. The van der Waals surface area contributed by atoms with Crippen LogP contribution in [0.5, 0.6) is 5.75 Å². The Labute approximate surface area is 223 Å². The summed E-state index contributed by atoms with van der Waals surface area (Å²) in [6.45, 7) is 11.8. The highest BCUT2D eigenvalue weighted by Gasteiger charge is 2.34. The number of aliphatic carboxylic acids is 1. The monoisotopic (exact) mass is 520 g/mol. The molecule has 0 radical (unpaired) electrons. The van der Waals surface area contributed by atoms with Gasteiger partial charge in [0.1, 0.15) is 10.8 Å². The summed E-state index contributed by atoms with van der Waals surface area (Å²) >= 11 is 1.60. The number of phenolic OH excluding ortho intramolecular Hbond substituents is 1. The van der Waals surface area contributed by atoms with Crippen LogP contribution in [0.2, 0.25) is 0 Å². The zero-order valence-electron chi connectivity index (χ0n) is 21.5. The Bertz CT molecular complexity index is 1200. The van der Waals surface area contributed by atoms with Crippen LogP contribution in [-0.2, 0) is 11.2 Å². The molecule has 0 unspecified atom stereocenters. The third kappa shape index (κ3) is 6.84. The summed E-state index contributed by atoms with van der Waals surface area (Å²) in [5.41, 5.74) is 4.28. The Balaban J connectivity index is 1.55. The minimum atomic E-state index is -0.856. The maximum atomic E-state index is 10.7. The van der Waals surface area contributed by atoms with Gasteiger partial charge in [-0.05, 0) is 37.1 Å². The van der Waals surface area contributed by atoms with Crippen molar-refractivity contribution in [2.45, 2.75) is 38.4 Å². The summed E-state index contributed by atoms with van der Waals surface area (Å²) in [7, 11) is 0. The average Bonchev–Trinajstić information content (AvgIpc) is 3.34. The van der Waals surface area contributed by atoms with E-state index in [1.54, 1.807) is 17.4 Å². The number of benzene rings is 2. The molecule has 1 aromatic heterocycles. The quantitative estimate of drug-likeness (QED) is 0.255. The van der Waals surface area contributed by atoms with E-state index in [-0.39, 0.29) is 18.3 Å². The van der Waals surface area contributed by atoms with Gasteiger partial charge in [0.2, 0.25) is 0 Å². The van der Waals surface area contributed by atoms with Gasteiger partial charge >= 0.3 is 5.97 Å². The minimum absolute atomic E-state index is 0.0247. The number of aromatic hydroxyl groups is 1. The molecule has 0 saturated carbocycles. The lowest BCUT2D eigenvalue weighted by Gasteiger charge is -2.47. The van der Waals surface area contributed by atoms with Crippen LogP contribution in [0.4, 0.5) is 0 Å². The van der Waals surface area contributed by atoms with E-state index in [0.29, 0.717) is 25.0 Å².